The van der Waals surface area contributed by atoms with Gasteiger partial charge in [0.2, 0.25) is 0 Å². The fraction of sp³-hybridized carbons (Fsp3) is 0.154. The number of hydrogen-bond donors (Lipinski definition) is 0. The zero-order valence-electron chi connectivity index (χ0n) is 10.1. The second-order valence-corrected chi connectivity index (χ2v) is 4.41. The summed E-state index contributed by atoms with van der Waals surface area (Å²) in [6, 6.07) is 9.75. The van der Waals surface area contributed by atoms with E-state index in [9.17, 15) is 4.79 Å². The highest BCUT2D eigenvalue weighted by molar-refractivity contribution is 6.29. The fourth-order valence-electron chi connectivity index (χ4n) is 1.46. The van der Waals surface area contributed by atoms with E-state index in [0.717, 1.165) is 5.56 Å². The van der Waals surface area contributed by atoms with Gasteiger partial charge < -0.3 is 4.74 Å². The van der Waals surface area contributed by atoms with E-state index in [1.54, 1.807) is 4.68 Å². The van der Waals surface area contributed by atoms with Crippen molar-refractivity contribution >= 4 is 17.6 Å². The van der Waals surface area contributed by atoms with Gasteiger partial charge in [0.05, 0.1) is 12.7 Å². The van der Waals surface area contributed by atoms with Crippen LogP contribution in [0.25, 0.3) is 0 Å². The summed E-state index contributed by atoms with van der Waals surface area (Å²) in [4.78, 5) is 11.6. The molecule has 6 heteroatoms. The van der Waals surface area contributed by atoms with Gasteiger partial charge in [-0.3, -0.25) is 0 Å². The molecule has 0 saturated carbocycles. The SMILES string of the molecule is C=C(Cl)COC(=O)c1cn(Cc2ccccc2)nn1. The molecule has 0 atom stereocenters. The van der Waals surface area contributed by atoms with Crippen LogP contribution in [0.15, 0.2) is 48.1 Å². The molecule has 0 N–H and O–H groups in total. The predicted octanol–water partition coefficient (Wildman–Crippen LogP) is 2.24. The molecule has 0 amide bonds. The molecule has 1 aromatic heterocycles. The van der Waals surface area contributed by atoms with Crippen molar-refractivity contribution in [2.45, 2.75) is 6.54 Å². The molecule has 0 aliphatic carbocycles. The maximum atomic E-state index is 11.6. The van der Waals surface area contributed by atoms with Crippen LogP contribution in [0.5, 0.6) is 0 Å². The smallest absolute Gasteiger partial charge is 0.360 e. The molecule has 0 fully saturated rings. The first kappa shape index (κ1) is 13.3. The number of esters is 1. The fourth-order valence-corrected chi connectivity index (χ4v) is 1.51. The van der Waals surface area contributed by atoms with Gasteiger partial charge in [0.25, 0.3) is 0 Å². The summed E-state index contributed by atoms with van der Waals surface area (Å²) in [5.74, 6) is -0.568. The van der Waals surface area contributed by atoms with Crippen molar-refractivity contribution in [1.29, 1.82) is 0 Å². The third kappa shape index (κ3) is 3.93. The van der Waals surface area contributed by atoms with E-state index >= 15 is 0 Å². The van der Waals surface area contributed by atoms with Crippen LogP contribution in [0.3, 0.4) is 0 Å². The molecule has 2 aromatic rings. The summed E-state index contributed by atoms with van der Waals surface area (Å²) in [5, 5.41) is 7.88. The monoisotopic (exact) mass is 277 g/mol. The third-order valence-corrected chi connectivity index (χ3v) is 2.40. The molecule has 2 rings (SSSR count). The Hall–Kier alpha value is -2.14. The number of ether oxygens (including phenoxy) is 1. The van der Waals surface area contributed by atoms with E-state index in [-0.39, 0.29) is 17.3 Å². The Labute approximate surface area is 115 Å². The number of carbonyl (C=O) groups excluding carboxylic acids is 1. The number of carbonyl (C=O) groups is 1. The van der Waals surface area contributed by atoms with Crippen LogP contribution in [0.4, 0.5) is 0 Å². The van der Waals surface area contributed by atoms with Crippen molar-refractivity contribution in [3.05, 3.63) is 59.4 Å². The van der Waals surface area contributed by atoms with Crippen molar-refractivity contribution < 1.29 is 9.53 Å². The van der Waals surface area contributed by atoms with Crippen LogP contribution in [-0.2, 0) is 11.3 Å². The second kappa shape index (κ2) is 6.15. The lowest BCUT2D eigenvalue weighted by Gasteiger charge is -2.00. The minimum absolute atomic E-state index is 0.0358. The van der Waals surface area contributed by atoms with Gasteiger partial charge in [-0.2, -0.15) is 0 Å². The Morgan fingerprint density at radius 1 is 1.37 bits per heavy atom. The first-order valence-electron chi connectivity index (χ1n) is 5.59. The molecule has 0 saturated heterocycles. The predicted molar refractivity (Wildman–Crippen MR) is 70.8 cm³/mol. The quantitative estimate of drug-likeness (QED) is 0.787. The Morgan fingerprint density at radius 3 is 2.79 bits per heavy atom. The summed E-state index contributed by atoms with van der Waals surface area (Å²) in [5.41, 5.74) is 1.22. The van der Waals surface area contributed by atoms with Crippen LogP contribution < -0.4 is 0 Å². The van der Waals surface area contributed by atoms with Crippen molar-refractivity contribution in [2.75, 3.05) is 6.61 Å². The Bertz CT molecular complexity index is 581. The highest BCUT2D eigenvalue weighted by Gasteiger charge is 2.12. The van der Waals surface area contributed by atoms with Gasteiger partial charge in [-0.25, -0.2) is 9.48 Å². The molecule has 0 aliphatic rings. The average molecular weight is 278 g/mol. The van der Waals surface area contributed by atoms with Crippen molar-refractivity contribution in [1.82, 2.24) is 15.0 Å². The zero-order valence-corrected chi connectivity index (χ0v) is 10.9. The van der Waals surface area contributed by atoms with Gasteiger partial charge in [-0.05, 0) is 5.56 Å². The van der Waals surface area contributed by atoms with Gasteiger partial charge in [-0.15, -0.1) is 5.10 Å². The minimum Gasteiger partial charge on any atom is -0.455 e. The largest absolute Gasteiger partial charge is 0.455 e. The Morgan fingerprint density at radius 2 is 2.11 bits per heavy atom. The van der Waals surface area contributed by atoms with Gasteiger partial charge in [0, 0.05) is 5.03 Å². The number of aromatic nitrogens is 3. The van der Waals surface area contributed by atoms with E-state index in [4.69, 9.17) is 16.3 Å². The van der Waals surface area contributed by atoms with E-state index in [2.05, 4.69) is 16.9 Å². The van der Waals surface area contributed by atoms with Crippen LogP contribution in [0, 0.1) is 0 Å². The molecular formula is C13H12ClN3O2. The summed E-state index contributed by atoms with van der Waals surface area (Å²) in [6.45, 7) is 3.94. The molecule has 0 unspecified atom stereocenters. The molecule has 1 heterocycles. The van der Waals surface area contributed by atoms with Gasteiger partial charge >= 0.3 is 5.97 Å². The molecule has 1 aromatic carbocycles. The van der Waals surface area contributed by atoms with Gasteiger partial charge in [0.1, 0.15) is 6.61 Å². The lowest BCUT2D eigenvalue weighted by atomic mass is 10.2. The van der Waals surface area contributed by atoms with Gasteiger partial charge in [-0.1, -0.05) is 53.7 Å². The van der Waals surface area contributed by atoms with Crippen LogP contribution in [0.1, 0.15) is 16.1 Å². The van der Waals surface area contributed by atoms with Crippen molar-refractivity contribution in [2.24, 2.45) is 0 Å². The highest BCUT2D eigenvalue weighted by atomic mass is 35.5. The first-order chi connectivity index (χ1) is 9.15. The summed E-state index contributed by atoms with van der Waals surface area (Å²) < 4.78 is 6.44. The van der Waals surface area contributed by atoms with Crippen LogP contribution in [0.2, 0.25) is 0 Å². The third-order valence-electron chi connectivity index (χ3n) is 2.30. The minimum atomic E-state index is -0.568. The van der Waals surface area contributed by atoms with E-state index in [1.165, 1.54) is 6.20 Å². The maximum absolute atomic E-state index is 11.6. The molecule has 0 radical (unpaired) electrons. The topological polar surface area (TPSA) is 57.0 Å². The zero-order chi connectivity index (χ0) is 13.7. The molecular weight excluding hydrogens is 266 g/mol. The summed E-state index contributed by atoms with van der Waals surface area (Å²) >= 11 is 5.51. The normalized spacial score (nSPS) is 10.2. The van der Waals surface area contributed by atoms with Crippen LogP contribution >= 0.6 is 11.6 Å². The number of benzene rings is 1. The average Bonchev–Trinajstić information content (AvgIpc) is 2.85. The van der Waals surface area contributed by atoms with E-state index in [0.29, 0.717) is 6.54 Å². The Balaban J connectivity index is 1.99. The number of rotatable bonds is 5. The summed E-state index contributed by atoms with van der Waals surface area (Å²) in [7, 11) is 0. The summed E-state index contributed by atoms with van der Waals surface area (Å²) in [6.07, 6.45) is 1.53. The molecule has 0 spiro atoms. The van der Waals surface area contributed by atoms with Crippen LogP contribution in [-0.4, -0.2) is 27.6 Å². The molecule has 0 aliphatic heterocycles. The van der Waals surface area contributed by atoms with Crippen molar-refractivity contribution in [3.63, 3.8) is 0 Å². The standard InChI is InChI=1S/C13H12ClN3O2/c1-10(14)9-19-13(18)12-8-17(16-15-12)7-11-5-3-2-4-6-11/h2-6,8H,1,7,9H2. The lowest BCUT2D eigenvalue weighted by Crippen LogP contribution is -2.06. The molecule has 5 nitrogen and oxygen atoms in total. The number of hydrogen-bond acceptors (Lipinski definition) is 4. The molecule has 0 bridgehead atoms. The van der Waals surface area contributed by atoms with Gasteiger partial charge in [0.15, 0.2) is 5.69 Å². The van der Waals surface area contributed by atoms with Crippen molar-refractivity contribution in [3.8, 4) is 0 Å². The Kier molecular flexibility index (Phi) is 4.30. The first-order valence-corrected chi connectivity index (χ1v) is 5.97. The highest BCUT2D eigenvalue weighted by Crippen LogP contribution is 2.04. The second-order valence-electron chi connectivity index (χ2n) is 3.88. The maximum Gasteiger partial charge on any atom is 0.360 e. The molecule has 19 heavy (non-hydrogen) atoms. The number of halogens is 1. The van der Waals surface area contributed by atoms with E-state index in [1.807, 2.05) is 30.3 Å². The molecule has 98 valence electrons. The lowest BCUT2D eigenvalue weighted by molar-refractivity contribution is 0.0539. The number of nitrogens with zero attached hydrogens (tertiary/aromatic N) is 3. The van der Waals surface area contributed by atoms with E-state index < -0.39 is 5.97 Å².